The van der Waals surface area contributed by atoms with Crippen LogP contribution in [0.2, 0.25) is 0 Å². The first-order valence-corrected chi connectivity index (χ1v) is 9.91. The molecular weight excluding hydrogens is 364 g/mol. The van der Waals surface area contributed by atoms with Gasteiger partial charge in [0.25, 0.3) is 0 Å². The Morgan fingerprint density at radius 2 is 1.92 bits per heavy atom. The molecule has 0 unspecified atom stereocenters. The minimum absolute atomic E-state index is 0.0517. The van der Waals surface area contributed by atoms with Crippen LogP contribution in [0.15, 0.2) is 52.9 Å². The molecule has 7 heteroatoms. The highest BCUT2D eigenvalue weighted by molar-refractivity contribution is 8.02. The highest BCUT2D eigenvalue weighted by Crippen LogP contribution is 2.31. The predicted octanol–water partition coefficient (Wildman–Crippen LogP) is 5.02. The molecule has 0 aliphatic heterocycles. The summed E-state index contributed by atoms with van der Waals surface area (Å²) < 4.78 is 0.757. The summed E-state index contributed by atoms with van der Waals surface area (Å²) in [5.74, 6) is -0.0517. The van der Waals surface area contributed by atoms with Crippen LogP contribution in [0.25, 0.3) is 0 Å². The van der Waals surface area contributed by atoms with Crippen molar-refractivity contribution in [3.8, 4) is 0 Å². The van der Waals surface area contributed by atoms with Gasteiger partial charge in [0.2, 0.25) is 11.0 Å². The first kappa shape index (κ1) is 18.4. The number of nitrogens with zero attached hydrogens (tertiary/aromatic N) is 2. The molecule has 1 amide bonds. The van der Waals surface area contributed by atoms with Crippen molar-refractivity contribution in [2.45, 2.75) is 30.4 Å². The van der Waals surface area contributed by atoms with Crippen molar-refractivity contribution in [1.29, 1.82) is 0 Å². The molecule has 3 rings (SSSR count). The zero-order valence-electron chi connectivity index (χ0n) is 14.8. The van der Waals surface area contributed by atoms with Gasteiger partial charge >= 0.3 is 0 Å². The maximum absolute atomic E-state index is 12.4. The van der Waals surface area contributed by atoms with Gasteiger partial charge in [-0.05, 0) is 50.1 Å². The number of rotatable bonds is 6. The zero-order chi connectivity index (χ0) is 18.5. The van der Waals surface area contributed by atoms with E-state index in [1.807, 2.05) is 69.3 Å². The van der Waals surface area contributed by atoms with E-state index in [1.165, 1.54) is 23.1 Å². The molecule has 2 N–H and O–H groups in total. The lowest BCUT2D eigenvalue weighted by Crippen LogP contribution is -2.22. The van der Waals surface area contributed by atoms with Gasteiger partial charge in [0.15, 0.2) is 4.34 Å². The van der Waals surface area contributed by atoms with E-state index in [1.54, 1.807) is 0 Å². The van der Waals surface area contributed by atoms with Gasteiger partial charge in [0.05, 0.1) is 5.25 Å². The van der Waals surface area contributed by atoms with Crippen molar-refractivity contribution in [2.24, 2.45) is 0 Å². The summed E-state index contributed by atoms with van der Waals surface area (Å²) in [6.45, 7) is 5.90. The van der Waals surface area contributed by atoms with Crippen molar-refractivity contribution in [3.05, 3.63) is 59.7 Å². The number of anilines is 3. The summed E-state index contributed by atoms with van der Waals surface area (Å²) in [7, 11) is 0. The number of para-hydroxylation sites is 1. The zero-order valence-corrected chi connectivity index (χ0v) is 16.4. The third-order valence-corrected chi connectivity index (χ3v) is 5.75. The van der Waals surface area contributed by atoms with Crippen LogP contribution in [-0.2, 0) is 4.79 Å². The number of carbonyl (C=O) groups is 1. The standard InChI is InChI=1S/C19H20N4OS2/c1-12-7-6-9-15(11-12)20-17(24)14(3)25-19-23-22-18(26-19)21-16-10-5-4-8-13(16)2/h4-11,14H,1-3H3,(H,20,24)(H,21,22)/t14-/m1/s1. The minimum Gasteiger partial charge on any atom is -0.330 e. The third kappa shape index (κ3) is 4.83. The van der Waals surface area contributed by atoms with E-state index in [0.29, 0.717) is 5.13 Å². The Kier molecular flexibility index (Phi) is 5.90. The second-order valence-corrected chi connectivity index (χ2v) is 8.50. The molecule has 0 aliphatic rings. The average Bonchev–Trinajstić information content (AvgIpc) is 3.04. The SMILES string of the molecule is Cc1cccc(NC(=O)[C@@H](C)Sc2nnc(Nc3ccccc3C)s2)c1. The summed E-state index contributed by atoms with van der Waals surface area (Å²) in [4.78, 5) is 12.4. The summed E-state index contributed by atoms with van der Waals surface area (Å²) in [5.41, 5.74) is 4.06. The predicted molar refractivity (Wildman–Crippen MR) is 109 cm³/mol. The molecule has 0 saturated heterocycles. The smallest absolute Gasteiger partial charge is 0.237 e. The molecule has 1 aromatic heterocycles. The van der Waals surface area contributed by atoms with E-state index in [4.69, 9.17) is 0 Å². The molecule has 1 atom stereocenters. The van der Waals surface area contributed by atoms with Gasteiger partial charge in [-0.3, -0.25) is 4.79 Å². The van der Waals surface area contributed by atoms with Gasteiger partial charge in [-0.25, -0.2) is 0 Å². The maximum Gasteiger partial charge on any atom is 0.237 e. The molecule has 0 fully saturated rings. The number of benzene rings is 2. The number of aromatic nitrogens is 2. The van der Waals surface area contributed by atoms with Crippen LogP contribution in [-0.4, -0.2) is 21.4 Å². The van der Waals surface area contributed by atoms with Gasteiger partial charge in [-0.1, -0.05) is 53.4 Å². The molecule has 5 nitrogen and oxygen atoms in total. The number of hydrogen-bond acceptors (Lipinski definition) is 6. The third-order valence-electron chi connectivity index (χ3n) is 3.73. The number of amides is 1. The van der Waals surface area contributed by atoms with Crippen LogP contribution in [0.1, 0.15) is 18.1 Å². The highest BCUT2D eigenvalue weighted by Gasteiger charge is 2.17. The second kappa shape index (κ2) is 8.33. The Labute approximate surface area is 161 Å². The summed E-state index contributed by atoms with van der Waals surface area (Å²) in [6, 6.07) is 15.8. The van der Waals surface area contributed by atoms with Gasteiger partial charge in [0, 0.05) is 11.4 Å². The fourth-order valence-corrected chi connectivity index (χ4v) is 4.22. The molecule has 0 aliphatic carbocycles. The summed E-state index contributed by atoms with van der Waals surface area (Å²) >= 11 is 2.84. The molecular formula is C19H20N4OS2. The Morgan fingerprint density at radius 3 is 2.69 bits per heavy atom. The molecule has 2 aromatic carbocycles. The quantitative estimate of drug-likeness (QED) is 0.584. The van der Waals surface area contributed by atoms with Crippen LogP contribution in [0, 0.1) is 13.8 Å². The Morgan fingerprint density at radius 1 is 1.12 bits per heavy atom. The lowest BCUT2D eigenvalue weighted by Gasteiger charge is -2.10. The topological polar surface area (TPSA) is 66.9 Å². The lowest BCUT2D eigenvalue weighted by atomic mass is 10.2. The van der Waals surface area contributed by atoms with Crippen molar-refractivity contribution < 1.29 is 4.79 Å². The van der Waals surface area contributed by atoms with Crippen LogP contribution in [0.4, 0.5) is 16.5 Å². The first-order chi connectivity index (χ1) is 12.5. The van der Waals surface area contributed by atoms with Gasteiger partial charge in [-0.15, -0.1) is 10.2 Å². The largest absolute Gasteiger partial charge is 0.330 e. The maximum atomic E-state index is 12.4. The number of nitrogens with one attached hydrogen (secondary N) is 2. The number of thioether (sulfide) groups is 1. The molecule has 1 heterocycles. The number of hydrogen-bond donors (Lipinski definition) is 2. The molecule has 26 heavy (non-hydrogen) atoms. The van der Waals surface area contributed by atoms with Gasteiger partial charge in [-0.2, -0.15) is 0 Å². The van der Waals surface area contributed by atoms with Crippen molar-refractivity contribution in [2.75, 3.05) is 10.6 Å². The van der Waals surface area contributed by atoms with Crippen molar-refractivity contribution in [3.63, 3.8) is 0 Å². The minimum atomic E-state index is -0.269. The Hall–Kier alpha value is -2.38. The van der Waals surface area contributed by atoms with Gasteiger partial charge < -0.3 is 10.6 Å². The lowest BCUT2D eigenvalue weighted by molar-refractivity contribution is -0.115. The van der Waals surface area contributed by atoms with E-state index in [2.05, 4.69) is 20.8 Å². The second-order valence-electron chi connectivity index (χ2n) is 5.93. The fraction of sp³-hybridized carbons (Fsp3) is 0.211. The fourth-order valence-electron chi connectivity index (χ4n) is 2.31. The van der Waals surface area contributed by atoms with E-state index in [-0.39, 0.29) is 11.2 Å². The van der Waals surface area contributed by atoms with Crippen molar-refractivity contribution in [1.82, 2.24) is 10.2 Å². The monoisotopic (exact) mass is 384 g/mol. The normalized spacial score (nSPS) is 11.8. The molecule has 0 spiro atoms. The van der Waals surface area contributed by atoms with E-state index < -0.39 is 0 Å². The highest BCUT2D eigenvalue weighted by atomic mass is 32.2. The summed E-state index contributed by atoms with van der Waals surface area (Å²) in [6.07, 6.45) is 0. The molecule has 0 saturated carbocycles. The van der Waals surface area contributed by atoms with Crippen LogP contribution in [0.5, 0.6) is 0 Å². The molecule has 0 radical (unpaired) electrons. The first-order valence-electron chi connectivity index (χ1n) is 8.21. The van der Waals surface area contributed by atoms with Gasteiger partial charge in [0.1, 0.15) is 0 Å². The molecule has 0 bridgehead atoms. The molecule has 134 valence electrons. The van der Waals surface area contributed by atoms with Crippen LogP contribution in [0.3, 0.4) is 0 Å². The number of carbonyl (C=O) groups excluding carboxylic acids is 1. The van der Waals surface area contributed by atoms with Crippen LogP contribution < -0.4 is 10.6 Å². The van der Waals surface area contributed by atoms with Crippen LogP contribution >= 0.6 is 23.1 Å². The average molecular weight is 385 g/mol. The van der Waals surface area contributed by atoms with E-state index in [9.17, 15) is 4.79 Å². The summed E-state index contributed by atoms with van der Waals surface area (Å²) in [5, 5.41) is 15.0. The Balaban J connectivity index is 1.59. The number of aryl methyl sites for hydroxylation is 2. The van der Waals surface area contributed by atoms with E-state index in [0.717, 1.165) is 26.8 Å². The van der Waals surface area contributed by atoms with Crippen molar-refractivity contribution >= 4 is 45.5 Å². The molecule has 3 aromatic rings. The van der Waals surface area contributed by atoms with E-state index >= 15 is 0 Å². The Bertz CT molecular complexity index is 910.